The minimum Gasteiger partial charge on any atom is -0.456 e. The normalized spacial score (nSPS) is 19.4. The average Bonchev–Trinajstić information content (AvgIpc) is 3.23. The Morgan fingerprint density at radius 3 is 1.69 bits per heavy atom. The Balaban J connectivity index is 1.82. The van der Waals surface area contributed by atoms with Gasteiger partial charge in [0.2, 0.25) is 3.79 Å². The van der Waals surface area contributed by atoms with Crippen molar-refractivity contribution in [2.45, 2.75) is 60.3 Å². The van der Waals surface area contributed by atoms with E-state index >= 15 is 0 Å². The third-order valence-electron chi connectivity index (χ3n) is 7.40. The summed E-state index contributed by atoms with van der Waals surface area (Å²) in [7, 11) is 0. The Kier molecular flexibility index (Phi) is 9.40. The molecule has 0 spiro atoms. The van der Waals surface area contributed by atoms with Gasteiger partial charge >= 0.3 is 12.1 Å². The summed E-state index contributed by atoms with van der Waals surface area (Å²) in [6.45, 7) is 5.36. The van der Waals surface area contributed by atoms with E-state index in [1.165, 1.54) is 21.6 Å². The molecule has 5 rings (SSSR count). The number of esters is 1. The number of rotatable bonds is 6. The second-order valence-corrected chi connectivity index (χ2v) is 19.7. The molecule has 45 heavy (non-hydrogen) atoms. The topological polar surface area (TPSA) is 76.2 Å². The first-order chi connectivity index (χ1) is 21.1. The maximum Gasteiger partial charge on any atom is 0.412 e. The molecule has 0 aromatic heterocycles. The van der Waals surface area contributed by atoms with Crippen LogP contribution < -0.4 is 15.9 Å². The molecule has 2 amide bonds. The molecule has 0 aliphatic carbocycles. The molecule has 0 radical (unpaired) electrons. The van der Waals surface area contributed by atoms with Crippen molar-refractivity contribution in [2.24, 2.45) is 0 Å². The Hall–Kier alpha value is -2.61. The molecular weight excluding hydrogens is 674 g/mol. The number of benzene rings is 3. The molecule has 2 aliphatic rings. The Labute approximate surface area is 283 Å². The molecule has 7 nitrogen and oxygen atoms in total. The van der Waals surface area contributed by atoms with Gasteiger partial charge in [-0.15, -0.1) is 11.8 Å². The summed E-state index contributed by atoms with van der Waals surface area (Å²) in [6.07, 6.45) is -0.601. The fourth-order valence-corrected chi connectivity index (χ4v) is 11.9. The van der Waals surface area contributed by atoms with Gasteiger partial charge < -0.3 is 9.47 Å². The molecular formula is C33H34Cl3N2O5PS. The van der Waals surface area contributed by atoms with Gasteiger partial charge in [0.25, 0.3) is 5.91 Å². The van der Waals surface area contributed by atoms with E-state index in [0.717, 1.165) is 15.9 Å². The van der Waals surface area contributed by atoms with Crippen molar-refractivity contribution < 1.29 is 23.9 Å². The maximum atomic E-state index is 14.6. The van der Waals surface area contributed by atoms with Gasteiger partial charge in [0.05, 0.1) is 4.87 Å². The van der Waals surface area contributed by atoms with Crippen molar-refractivity contribution >= 4 is 92.8 Å². The largest absolute Gasteiger partial charge is 0.456 e. The molecule has 2 heterocycles. The Bertz CT molecular complexity index is 1540. The zero-order valence-electron chi connectivity index (χ0n) is 25.4. The smallest absolute Gasteiger partial charge is 0.412 e. The van der Waals surface area contributed by atoms with Crippen LogP contribution in [-0.2, 0) is 19.1 Å². The number of hydrogen-bond donors (Lipinski definition) is 0. The summed E-state index contributed by atoms with van der Waals surface area (Å²) in [6, 6.07) is 28.0. The van der Waals surface area contributed by atoms with E-state index in [1.807, 2.05) is 105 Å². The molecule has 2 atom stereocenters. The lowest BCUT2D eigenvalue weighted by molar-refractivity contribution is -0.148. The number of halogens is 3. The summed E-state index contributed by atoms with van der Waals surface area (Å²) in [4.78, 5) is 44.7. The van der Waals surface area contributed by atoms with E-state index in [0.29, 0.717) is 0 Å². The molecule has 3 aromatic rings. The molecule has 2 saturated heterocycles. The number of fused-ring (bicyclic) bond motifs is 1. The fraction of sp³-hybridized carbons (Fsp3) is 0.333. The number of β-lactam (4-membered cyclic amide) rings is 1. The molecule has 2 fully saturated rings. The molecule has 2 aliphatic heterocycles. The first kappa shape index (κ1) is 33.7. The number of carbonyl (C=O) groups is 3. The average molecular weight is 708 g/mol. The summed E-state index contributed by atoms with van der Waals surface area (Å²) < 4.78 is 9.57. The molecule has 12 heteroatoms. The summed E-state index contributed by atoms with van der Waals surface area (Å²) in [5, 5.41) is 1.87. The molecule has 238 valence electrons. The third-order valence-corrected chi connectivity index (χ3v) is 13.5. The van der Waals surface area contributed by atoms with E-state index in [4.69, 9.17) is 44.3 Å². The van der Waals surface area contributed by atoms with Crippen molar-refractivity contribution in [3.05, 3.63) is 91.0 Å². The van der Waals surface area contributed by atoms with Crippen LogP contribution in [-0.4, -0.2) is 65.5 Å². The number of amides is 2. The van der Waals surface area contributed by atoms with Gasteiger partial charge in [0, 0.05) is 6.89 Å². The first-order valence-electron chi connectivity index (χ1n) is 14.3. The first-order valence-corrected chi connectivity index (χ1v) is 18.1. The van der Waals surface area contributed by atoms with Crippen molar-refractivity contribution in [1.82, 2.24) is 9.80 Å². The van der Waals surface area contributed by atoms with E-state index in [9.17, 15) is 14.4 Å². The van der Waals surface area contributed by atoms with Crippen molar-refractivity contribution in [2.75, 3.05) is 6.61 Å². The van der Waals surface area contributed by atoms with Gasteiger partial charge in [0.15, 0.2) is 0 Å². The van der Waals surface area contributed by atoms with Crippen LogP contribution in [0.5, 0.6) is 0 Å². The van der Waals surface area contributed by atoms with E-state index in [-0.39, 0.29) is 5.42 Å². The number of hydrogen-bond acceptors (Lipinski definition) is 6. The van der Waals surface area contributed by atoms with Crippen LogP contribution >= 0.6 is 53.5 Å². The van der Waals surface area contributed by atoms with Gasteiger partial charge in [-0.1, -0.05) is 126 Å². The van der Waals surface area contributed by atoms with E-state index in [1.54, 1.807) is 20.8 Å². The minimum atomic E-state index is -3.16. The van der Waals surface area contributed by atoms with Crippen LogP contribution in [0.2, 0.25) is 0 Å². The molecule has 3 aromatic carbocycles. The monoisotopic (exact) mass is 706 g/mol. The highest BCUT2D eigenvalue weighted by Gasteiger charge is 2.66. The van der Waals surface area contributed by atoms with Gasteiger partial charge in [-0.05, 0) is 50.5 Å². The number of thioether (sulfide) groups is 1. The predicted octanol–water partition coefficient (Wildman–Crippen LogP) is 6.28. The highest BCUT2D eigenvalue weighted by Crippen LogP contribution is 2.55. The maximum absolute atomic E-state index is 14.6. The molecule has 0 N–H and O–H groups in total. The Morgan fingerprint density at radius 2 is 1.29 bits per heavy atom. The van der Waals surface area contributed by atoms with Crippen LogP contribution in [0.25, 0.3) is 0 Å². The van der Waals surface area contributed by atoms with Gasteiger partial charge in [-0.2, -0.15) is 0 Å². The van der Waals surface area contributed by atoms with E-state index < -0.39 is 57.1 Å². The Morgan fingerprint density at radius 1 is 0.844 bits per heavy atom. The minimum absolute atomic E-state index is 0.140. The zero-order valence-corrected chi connectivity index (χ0v) is 29.4. The highest BCUT2D eigenvalue weighted by atomic mass is 35.6. The van der Waals surface area contributed by atoms with Crippen LogP contribution in [0.4, 0.5) is 4.79 Å². The number of ether oxygens (including phenoxy) is 2. The van der Waals surface area contributed by atoms with Crippen LogP contribution in [0.15, 0.2) is 91.0 Å². The number of carbonyl (C=O) groups excluding carboxylic acids is 3. The molecule has 2 unspecified atom stereocenters. The van der Waals surface area contributed by atoms with Gasteiger partial charge in [-0.25, -0.2) is 9.59 Å². The third kappa shape index (κ3) is 6.50. The second kappa shape index (κ2) is 12.5. The van der Waals surface area contributed by atoms with Crippen molar-refractivity contribution in [3.8, 4) is 0 Å². The van der Waals surface area contributed by atoms with Crippen molar-refractivity contribution in [3.63, 3.8) is 0 Å². The second-order valence-electron chi connectivity index (χ2n) is 12.2. The molecule has 0 bridgehead atoms. The number of likely N-dealkylation sites (tertiary alicyclic amines) is 1. The number of nitrogens with zero attached hydrogens (tertiary/aromatic N) is 2. The lowest BCUT2D eigenvalue weighted by atomic mass is 10.0. The van der Waals surface area contributed by atoms with Crippen molar-refractivity contribution in [1.29, 1.82) is 0 Å². The summed E-state index contributed by atoms with van der Waals surface area (Å²) >= 11 is 19.5. The lowest BCUT2D eigenvalue weighted by Gasteiger charge is -2.47. The van der Waals surface area contributed by atoms with Gasteiger partial charge in [0.1, 0.15) is 29.0 Å². The van der Waals surface area contributed by atoms with Crippen LogP contribution in [0.1, 0.15) is 34.6 Å². The number of alkyl halides is 3. The SMILES string of the molecule is CC(C)(C)OC(=O)N1C2C(=O)N(C(C(=O)OCC(Cl)(Cl)Cl)=P(c3ccccc3)(c3ccccc3)c3ccccc3)C2SC1(C)C. The zero-order chi connectivity index (χ0) is 32.8. The summed E-state index contributed by atoms with van der Waals surface area (Å²) in [5.41, 5.74) is -0.629. The quantitative estimate of drug-likeness (QED) is 0.130. The fourth-order valence-electron chi connectivity index (χ4n) is 5.74. The molecule has 0 saturated carbocycles. The van der Waals surface area contributed by atoms with Crippen LogP contribution in [0.3, 0.4) is 0 Å². The predicted molar refractivity (Wildman–Crippen MR) is 186 cm³/mol. The highest BCUT2D eigenvalue weighted by molar-refractivity contribution is 8.02. The van der Waals surface area contributed by atoms with Crippen LogP contribution in [0, 0.1) is 0 Å². The lowest BCUT2D eigenvalue weighted by Crippen LogP contribution is -2.70. The standard InChI is InChI=1S/C33H34Cl3N2O5PS/c1-31(2,3)43-30(41)38-25-26(39)37(28(25)45-32(38,4)5)27(29(40)42-21-33(34,35)36)44(22-15-9-6-10-16-22,23-17-11-7-12-18-23)24-19-13-8-14-20-24/h6-20,25,28H,21H2,1-5H3. The summed E-state index contributed by atoms with van der Waals surface area (Å²) in [5.74, 6) is -1.20. The van der Waals surface area contributed by atoms with Gasteiger partial charge in [-0.3, -0.25) is 14.6 Å². The van der Waals surface area contributed by atoms with E-state index in [2.05, 4.69) is 0 Å².